The lowest BCUT2D eigenvalue weighted by Gasteiger charge is -2.25. The molecular weight excluding hydrogens is 464 g/mol. The Hall–Kier alpha value is -1.10. The number of epoxide rings is 1. The first kappa shape index (κ1) is 32.1. The summed E-state index contributed by atoms with van der Waals surface area (Å²) in [7, 11) is 0. The van der Waals surface area contributed by atoms with E-state index < -0.39 is 11.5 Å². The molecule has 3 unspecified atom stereocenters. The maximum atomic E-state index is 12.9. The van der Waals surface area contributed by atoms with Crippen molar-refractivity contribution in [2.45, 2.75) is 173 Å². The van der Waals surface area contributed by atoms with Gasteiger partial charge in [0.25, 0.3) is 0 Å². The van der Waals surface area contributed by atoms with Crippen molar-refractivity contribution in [2.75, 3.05) is 13.2 Å². The molecular formula is C32H58O5. The summed E-state index contributed by atoms with van der Waals surface area (Å²) in [5.74, 6) is -1.11. The summed E-state index contributed by atoms with van der Waals surface area (Å²) in [6, 6.07) is 0. The van der Waals surface area contributed by atoms with Gasteiger partial charge in [-0.15, -0.1) is 0 Å². The first-order valence-electron chi connectivity index (χ1n) is 16.2. The molecule has 0 aromatic carbocycles. The lowest BCUT2D eigenvalue weighted by Crippen LogP contribution is -2.44. The summed E-state index contributed by atoms with van der Waals surface area (Å²) in [6.07, 6.45) is 27.2. The fourth-order valence-electron chi connectivity index (χ4n) is 5.85. The molecule has 0 aromatic heterocycles. The standard InChI is InChI=1S/C32H58O5/c1-3-5-7-9-11-13-15-17-19-21-26-35-30(33)28-24-23-25-29-32(28,37-29)31(34)36-27-22-20-18-16-14-12-10-8-6-4-2/h28-29H,3-27H2,1-2H3. The van der Waals surface area contributed by atoms with Crippen LogP contribution in [0.4, 0.5) is 0 Å². The van der Waals surface area contributed by atoms with Crippen LogP contribution in [-0.2, 0) is 23.8 Å². The second-order valence-corrected chi connectivity index (χ2v) is 11.6. The van der Waals surface area contributed by atoms with Crippen LogP contribution in [0.3, 0.4) is 0 Å². The Kier molecular flexibility index (Phi) is 17.3. The van der Waals surface area contributed by atoms with Gasteiger partial charge in [-0.2, -0.15) is 0 Å². The Morgan fingerprint density at radius 2 is 1.05 bits per heavy atom. The minimum atomic E-state index is -1.06. The maximum absolute atomic E-state index is 12.9. The summed E-state index contributed by atoms with van der Waals surface area (Å²) < 4.78 is 17.1. The zero-order valence-corrected chi connectivity index (χ0v) is 24.4. The fraction of sp³-hybridized carbons (Fsp3) is 0.938. The van der Waals surface area contributed by atoms with Crippen LogP contribution in [0, 0.1) is 5.92 Å². The highest BCUT2D eigenvalue weighted by molar-refractivity contribution is 5.91. The quantitative estimate of drug-likeness (QED) is 0.0719. The van der Waals surface area contributed by atoms with Gasteiger partial charge in [0.15, 0.2) is 0 Å². The number of esters is 2. The van der Waals surface area contributed by atoms with Crippen LogP contribution in [0.1, 0.15) is 162 Å². The Balaban J connectivity index is 1.53. The van der Waals surface area contributed by atoms with Crippen LogP contribution >= 0.6 is 0 Å². The molecule has 0 aromatic rings. The van der Waals surface area contributed by atoms with Crippen LogP contribution in [0.2, 0.25) is 0 Å². The zero-order valence-electron chi connectivity index (χ0n) is 24.4. The molecule has 216 valence electrons. The largest absolute Gasteiger partial charge is 0.465 e. The molecule has 1 saturated heterocycles. The van der Waals surface area contributed by atoms with E-state index in [0.717, 1.165) is 38.5 Å². The van der Waals surface area contributed by atoms with Crippen LogP contribution < -0.4 is 0 Å². The molecule has 2 rings (SSSR count). The predicted molar refractivity (Wildman–Crippen MR) is 151 cm³/mol. The van der Waals surface area contributed by atoms with Gasteiger partial charge in [0.2, 0.25) is 5.60 Å². The minimum Gasteiger partial charge on any atom is -0.465 e. The van der Waals surface area contributed by atoms with E-state index in [2.05, 4.69) is 13.8 Å². The van der Waals surface area contributed by atoms with E-state index in [1.165, 1.54) is 103 Å². The van der Waals surface area contributed by atoms with Gasteiger partial charge < -0.3 is 14.2 Å². The molecule has 0 spiro atoms. The van der Waals surface area contributed by atoms with Gasteiger partial charge in [0.05, 0.1) is 25.2 Å². The molecule has 1 heterocycles. The topological polar surface area (TPSA) is 65.1 Å². The average Bonchev–Trinajstić information content (AvgIpc) is 3.66. The summed E-state index contributed by atoms with van der Waals surface area (Å²) in [5, 5.41) is 0. The number of rotatable bonds is 24. The number of unbranched alkanes of at least 4 members (excludes halogenated alkanes) is 18. The number of carbonyl (C=O) groups excluding carboxylic acids is 2. The highest BCUT2D eigenvalue weighted by Gasteiger charge is 2.71. The lowest BCUT2D eigenvalue weighted by molar-refractivity contribution is -0.163. The van der Waals surface area contributed by atoms with Gasteiger partial charge in [-0.1, -0.05) is 129 Å². The van der Waals surface area contributed by atoms with Crippen molar-refractivity contribution in [1.82, 2.24) is 0 Å². The first-order chi connectivity index (χ1) is 18.2. The third kappa shape index (κ3) is 12.1. The van der Waals surface area contributed by atoms with Gasteiger partial charge in [-0.3, -0.25) is 4.79 Å². The van der Waals surface area contributed by atoms with E-state index in [0.29, 0.717) is 19.6 Å². The highest BCUT2D eigenvalue weighted by Crippen LogP contribution is 2.52. The molecule has 1 saturated carbocycles. The van der Waals surface area contributed by atoms with Gasteiger partial charge in [-0.05, 0) is 32.1 Å². The van der Waals surface area contributed by atoms with Crippen molar-refractivity contribution in [3.05, 3.63) is 0 Å². The van der Waals surface area contributed by atoms with Crippen molar-refractivity contribution in [3.63, 3.8) is 0 Å². The first-order valence-corrected chi connectivity index (χ1v) is 16.2. The fourth-order valence-corrected chi connectivity index (χ4v) is 5.85. The number of hydrogen-bond acceptors (Lipinski definition) is 5. The average molecular weight is 523 g/mol. The van der Waals surface area contributed by atoms with E-state index in [9.17, 15) is 9.59 Å². The van der Waals surface area contributed by atoms with Crippen molar-refractivity contribution < 1.29 is 23.8 Å². The Bertz CT molecular complexity index is 606. The van der Waals surface area contributed by atoms with Gasteiger partial charge in [0, 0.05) is 0 Å². The molecule has 5 nitrogen and oxygen atoms in total. The summed E-state index contributed by atoms with van der Waals surface area (Å²) in [5.41, 5.74) is -1.06. The van der Waals surface area contributed by atoms with Crippen LogP contribution in [0.5, 0.6) is 0 Å². The van der Waals surface area contributed by atoms with Crippen molar-refractivity contribution in [1.29, 1.82) is 0 Å². The van der Waals surface area contributed by atoms with Crippen molar-refractivity contribution >= 4 is 11.9 Å². The van der Waals surface area contributed by atoms with Crippen molar-refractivity contribution in [3.8, 4) is 0 Å². The summed E-state index contributed by atoms with van der Waals surface area (Å²) in [6.45, 7) is 5.37. The van der Waals surface area contributed by atoms with Gasteiger partial charge in [0.1, 0.15) is 0 Å². The zero-order chi connectivity index (χ0) is 26.6. The second kappa shape index (κ2) is 19.9. The molecule has 1 aliphatic heterocycles. The summed E-state index contributed by atoms with van der Waals surface area (Å²) >= 11 is 0. The molecule has 3 atom stereocenters. The SMILES string of the molecule is CCCCCCCCCCCCOC(=O)C1CCCC2OC21C(=O)OCCCCCCCCCCCC. The third-order valence-corrected chi connectivity index (χ3v) is 8.31. The van der Waals surface area contributed by atoms with E-state index in [1.807, 2.05) is 0 Å². The van der Waals surface area contributed by atoms with Gasteiger partial charge >= 0.3 is 11.9 Å². The second-order valence-electron chi connectivity index (χ2n) is 11.6. The molecule has 5 heteroatoms. The maximum Gasteiger partial charge on any atom is 0.342 e. The van der Waals surface area contributed by atoms with Crippen LogP contribution in [0.15, 0.2) is 0 Å². The monoisotopic (exact) mass is 522 g/mol. The molecule has 2 aliphatic rings. The predicted octanol–water partition coefficient (Wildman–Crippen LogP) is 8.85. The third-order valence-electron chi connectivity index (χ3n) is 8.31. The van der Waals surface area contributed by atoms with Gasteiger partial charge in [-0.25, -0.2) is 4.79 Å². The van der Waals surface area contributed by atoms with Crippen LogP contribution in [-0.4, -0.2) is 36.9 Å². The smallest absolute Gasteiger partial charge is 0.342 e. The molecule has 0 amide bonds. The molecule has 0 bridgehead atoms. The van der Waals surface area contributed by atoms with E-state index in [4.69, 9.17) is 14.2 Å². The lowest BCUT2D eigenvalue weighted by atomic mass is 9.79. The molecule has 37 heavy (non-hydrogen) atoms. The normalized spacial score (nSPS) is 22.4. The molecule has 2 fully saturated rings. The number of fused-ring (bicyclic) bond motifs is 1. The number of carbonyl (C=O) groups is 2. The molecule has 1 aliphatic carbocycles. The van der Waals surface area contributed by atoms with E-state index in [-0.39, 0.29) is 18.0 Å². The molecule has 0 radical (unpaired) electrons. The number of hydrogen-bond donors (Lipinski definition) is 0. The summed E-state index contributed by atoms with van der Waals surface area (Å²) in [4.78, 5) is 25.8. The minimum absolute atomic E-state index is 0.170. The van der Waals surface area contributed by atoms with Crippen LogP contribution in [0.25, 0.3) is 0 Å². The Labute approximate surface area is 228 Å². The van der Waals surface area contributed by atoms with Crippen molar-refractivity contribution in [2.24, 2.45) is 5.92 Å². The van der Waals surface area contributed by atoms with E-state index >= 15 is 0 Å². The van der Waals surface area contributed by atoms with E-state index in [1.54, 1.807) is 0 Å². The number of ether oxygens (including phenoxy) is 3. The highest BCUT2D eigenvalue weighted by atomic mass is 16.7. The Morgan fingerprint density at radius 3 is 1.54 bits per heavy atom. The molecule has 0 N–H and O–H groups in total. The Morgan fingerprint density at radius 1 is 0.622 bits per heavy atom.